The summed E-state index contributed by atoms with van der Waals surface area (Å²) in [4.78, 5) is 15.5. The van der Waals surface area contributed by atoms with E-state index in [4.69, 9.17) is 0 Å². The lowest BCUT2D eigenvalue weighted by molar-refractivity contribution is 0.255. The van der Waals surface area contributed by atoms with Gasteiger partial charge in [0.15, 0.2) is 5.82 Å². The first-order valence-electron chi connectivity index (χ1n) is 11.2. The minimum atomic E-state index is -0.434. The van der Waals surface area contributed by atoms with Gasteiger partial charge in [0.2, 0.25) is 5.95 Å². The van der Waals surface area contributed by atoms with Crippen molar-refractivity contribution in [3.05, 3.63) is 47.8 Å². The number of pyridine rings is 1. The van der Waals surface area contributed by atoms with Crippen molar-refractivity contribution >= 4 is 11.8 Å². The first-order chi connectivity index (χ1) is 15.2. The number of hydrogen-bond acceptors (Lipinski definition) is 6. The summed E-state index contributed by atoms with van der Waals surface area (Å²) in [6, 6.07) is 4.07. The average Bonchev–Trinajstić information content (AvgIpc) is 3.04. The fraction of sp³-hybridized carbons (Fsp3) is 0.478. The molecule has 31 heavy (non-hydrogen) atoms. The quantitative estimate of drug-likeness (QED) is 0.682. The first kappa shape index (κ1) is 20.1. The number of nitrogens with zero attached hydrogens (tertiary/aromatic N) is 6. The third-order valence-corrected chi connectivity index (χ3v) is 6.45. The molecule has 0 radical (unpaired) electrons. The van der Waals surface area contributed by atoms with E-state index in [1.54, 1.807) is 6.20 Å². The van der Waals surface area contributed by atoms with Gasteiger partial charge in [-0.05, 0) is 69.8 Å². The van der Waals surface area contributed by atoms with E-state index in [9.17, 15) is 4.39 Å². The van der Waals surface area contributed by atoms with Crippen molar-refractivity contribution in [1.29, 1.82) is 0 Å². The second kappa shape index (κ2) is 8.70. The highest BCUT2D eigenvalue weighted by Crippen LogP contribution is 2.30. The molecule has 3 aromatic heterocycles. The molecule has 1 fully saturated rings. The number of likely N-dealkylation sites (tertiary alicyclic amines) is 1. The van der Waals surface area contributed by atoms with Crippen LogP contribution in [0.3, 0.4) is 0 Å². The van der Waals surface area contributed by atoms with Crippen LogP contribution in [0.1, 0.15) is 49.3 Å². The van der Waals surface area contributed by atoms with Gasteiger partial charge >= 0.3 is 0 Å². The van der Waals surface area contributed by atoms with Crippen molar-refractivity contribution in [2.24, 2.45) is 0 Å². The van der Waals surface area contributed by atoms with Crippen molar-refractivity contribution in [2.45, 2.75) is 51.0 Å². The van der Waals surface area contributed by atoms with Crippen LogP contribution in [-0.2, 0) is 13.0 Å². The third-order valence-electron chi connectivity index (χ3n) is 6.45. The predicted molar refractivity (Wildman–Crippen MR) is 118 cm³/mol. The van der Waals surface area contributed by atoms with Crippen molar-refractivity contribution < 1.29 is 4.39 Å². The number of rotatable bonds is 4. The van der Waals surface area contributed by atoms with Crippen LogP contribution in [0.4, 0.5) is 16.2 Å². The Morgan fingerprint density at radius 3 is 2.68 bits per heavy atom. The normalized spacial score (nSPS) is 17.9. The van der Waals surface area contributed by atoms with Crippen molar-refractivity contribution in [1.82, 2.24) is 29.6 Å². The summed E-state index contributed by atoms with van der Waals surface area (Å²) in [7, 11) is 2.17. The minimum Gasteiger partial charge on any atom is -0.309 e. The maximum Gasteiger partial charge on any atom is 0.229 e. The molecule has 0 unspecified atom stereocenters. The van der Waals surface area contributed by atoms with Gasteiger partial charge in [0.05, 0.1) is 12.4 Å². The molecular formula is C23H28FN7. The Bertz CT molecular complexity index is 1040. The zero-order valence-corrected chi connectivity index (χ0v) is 17.9. The van der Waals surface area contributed by atoms with Gasteiger partial charge in [0, 0.05) is 24.0 Å². The SMILES string of the molecule is CN1CCC(c2ccc(Nc3ncc(F)c(-c4cnn5c4CCCCC5)n3)nc2)CC1. The van der Waals surface area contributed by atoms with E-state index in [-0.39, 0.29) is 0 Å². The standard InChI is InChI=1S/C23H28FN7/c1-30-11-8-16(9-12-30)17-6-7-21(25-13-17)28-23-26-15-19(24)22(29-23)18-14-27-31-10-4-2-3-5-20(18)31/h6-7,13-16H,2-5,8-12H2,1H3,(H,25,26,28,29). The fourth-order valence-electron chi connectivity index (χ4n) is 4.59. The zero-order valence-electron chi connectivity index (χ0n) is 17.9. The molecule has 7 nitrogen and oxygen atoms in total. The van der Waals surface area contributed by atoms with E-state index in [1.165, 1.54) is 18.2 Å². The van der Waals surface area contributed by atoms with Gasteiger partial charge in [-0.2, -0.15) is 5.10 Å². The van der Waals surface area contributed by atoms with E-state index in [1.807, 2.05) is 16.9 Å². The summed E-state index contributed by atoms with van der Waals surface area (Å²) in [6.07, 6.45) is 11.4. The monoisotopic (exact) mass is 421 g/mol. The first-order valence-corrected chi connectivity index (χ1v) is 11.2. The molecule has 0 aliphatic carbocycles. The molecule has 1 N–H and O–H groups in total. The van der Waals surface area contributed by atoms with Crippen LogP contribution in [0.5, 0.6) is 0 Å². The lowest BCUT2D eigenvalue weighted by atomic mass is 9.91. The number of aryl methyl sites for hydroxylation is 1. The molecule has 0 atom stereocenters. The molecule has 1 saturated heterocycles. The predicted octanol–water partition coefficient (Wildman–Crippen LogP) is 4.15. The molecule has 5 heterocycles. The molecule has 2 aliphatic rings. The highest BCUT2D eigenvalue weighted by atomic mass is 19.1. The van der Waals surface area contributed by atoms with E-state index < -0.39 is 5.82 Å². The molecule has 5 rings (SSSR count). The van der Waals surface area contributed by atoms with Gasteiger partial charge in [0.1, 0.15) is 11.5 Å². The van der Waals surface area contributed by atoms with Gasteiger partial charge < -0.3 is 10.2 Å². The van der Waals surface area contributed by atoms with Gasteiger partial charge in [-0.1, -0.05) is 12.5 Å². The Kier molecular flexibility index (Phi) is 5.63. The number of nitrogens with one attached hydrogen (secondary N) is 1. The smallest absolute Gasteiger partial charge is 0.229 e. The number of piperidine rings is 1. The molecule has 0 bridgehead atoms. The second-order valence-corrected chi connectivity index (χ2v) is 8.61. The maximum absolute atomic E-state index is 14.6. The molecule has 3 aromatic rings. The Hall–Kier alpha value is -2.87. The number of aromatic nitrogens is 5. The number of halogens is 1. The van der Waals surface area contributed by atoms with Crippen molar-refractivity contribution in [2.75, 3.05) is 25.5 Å². The largest absolute Gasteiger partial charge is 0.309 e. The average molecular weight is 422 g/mol. The lowest BCUT2D eigenvalue weighted by Crippen LogP contribution is -2.29. The van der Waals surface area contributed by atoms with Gasteiger partial charge in [-0.3, -0.25) is 4.68 Å². The Morgan fingerprint density at radius 1 is 1.00 bits per heavy atom. The third kappa shape index (κ3) is 4.30. The molecule has 0 saturated carbocycles. The number of hydrogen-bond donors (Lipinski definition) is 1. The molecule has 0 aromatic carbocycles. The molecule has 2 aliphatic heterocycles. The van der Waals surface area contributed by atoms with Crippen LogP contribution >= 0.6 is 0 Å². The summed E-state index contributed by atoms with van der Waals surface area (Å²) in [5.74, 6) is 1.12. The van der Waals surface area contributed by atoms with Crippen LogP contribution < -0.4 is 5.32 Å². The lowest BCUT2D eigenvalue weighted by Gasteiger charge is -2.29. The summed E-state index contributed by atoms with van der Waals surface area (Å²) in [6.45, 7) is 3.12. The maximum atomic E-state index is 14.6. The van der Waals surface area contributed by atoms with Gasteiger partial charge in [0.25, 0.3) is 0 Å². The highest BCUT2D eigenvalue weighted by Gasteiger charge is 2.21. The van der Waals surface area contributed by atoms with Crippen molar-refractivity contribution in [3.8, 4) is 11.3 Å². The van der Waals surface area contributed by atoms with E-state index in [0.717, 1.165) is 63.0 Å². The van der Waals surface area contributed by atoms with Gasteiger partial charge in [-0.15, -0.1) is 0 Å². The molecule has 8 heteroatoms. The van der Waals surface area contributed by atoms with E-state index in [0.29, 0.717) is 23.4 Å². The van der Waals surface area contributed by atoms with E-state index >= 15 is 0 Å². The number of anilines is 2. The fourth-order valence-corrected chi connectivity index (χ4v) is 4.59. The zero-order chi connectivity index (χ0) is 21.2. The van der Waals surface area contributed by atoms with Crippen molar-refractivity contribution in [3.63, 3.8) is 0 Å². The molecule has 162 valence electrons. The Morgan fingerprint density at radius 2 is 1.87 bits per heavy atom. The summed E-state index contributed by atoms with van der Waals surface area (Å²) in [5, 5.41) is 7.59. The Balaban J connectivity index is 1.35. The topological polar surface area (TPSA) is 71.8 Å². The molecular weight excluding hydrogens is 393 g/mol. The van der Waals surface area contributed by atoms with Crippen LogP contribution in [0, 0.1) is 5.82 Å². The summed E-state index contributed by atoms with van der Waals surface area (Å²) >= 11 is 0. The number of fused-ring (bicyclic) bond motifs is 1. The molecule has 0 spiro atoms. The summed E-state index contributed by atoms with van der Waals surface area (Å²) in [5.41, 5.74) is 3.38. The highest BCUT2D eigenvalue weighted by molar-refractivity contribution is 5.64. The minimum absolute atomic E-state index is 0.295. The van der Waals surface area contributed by atoms with Crippen LogP contribution in [0.2, 0.25) is 0 Å². The van der Waals surface area contributed by atoms with Crippen LogP contribution in [-0.4, -0.2) is 49.8 Å². The molecule has 0 amide bonds. The van der Waals surface area contributed by atoms with Gasteiger partial charge in [-0.25, -0.2) is 19.3 Å². The van der Waals surface area contributed by atoms with Crippen LogP contribution in [0.15, 0.2) is 30.7 Å². The second-order valence-electron chi connectivity index (χ2n) is 8.61. The summed E-state index contributed by atoms with van der Waals surface area (Å²) < 4.78 is 16.6. The van der Waals surface area contributed by atoms with Crippen LogP contribution in [0.25, 0.3) is 11.3 Å². The Labute approximate surface area is 181 Å². The van der Waals surface area contributed by atoms with E-state index in [2.05, 4.69) is 43.4 Å².